The van der Waals surface area contributed by atoms with Gasteiger partial charge < -0.3 is 33.1 Å². The second-order valence-corrected chi connectivity index (χ2v) is 24.6. The number of aromatic nitrogens is 6. The van der Waals surface area contributed by atoms with Crippen molar-refractivity contribution < 1.29 is 36.5 Å². The van der Waals surface area contributed by atoms with Crippen molar-refractivity contribution >= 4 is 94.1 Å². The molecule has 1 fully saturated rings. The van der Waals surface area contributed by atoms with Gasteiger partial charge in [-0.3, -0.25) is 9.59 Å². The molecule has 2 aliphatic heterocycles. The second-order valence-electron chi connectivity index (χ2n) is 23.4. The smallest absolute Gasteiger partial charge is 0.399 e. The van der Waals surface area contributed by atoms with Crippen molar-refractivity contribution in [2.75, 3.05) is 36.8 Å². The maximum absolute atomic E-state index is 14.7. The molecule has 89 heavy (non-hydrogen) atoms. The SMILES string of the molecule is C=C/C(F)=C(C)/C=C(\C)C(=C)C(C)(C)C=C.CNC(=O)c1c2cc(-c3ccc4c(n3)-c3cc5c(F)cccc5n3CC4)c(N(C)S)cc2nn1-c1ccc(F)cc1.CNC(=O)c1c2cc(B3OC(C)(C)C(C)(C)O3)c(N(C)S)cc2nn1-c1ccc(F)cc1. The average Bonchev–Trinajstić information content (AvgIpc) is 1.85. The summed E-state index contributed by atoms with van der Waals surface area (Å²) in [6.45, 7) is 27.6. The van der Waals surface area contributed by atoms with E-state index in [-0.39, 0.29) is 40.5 Å². The number of halogens is 4. The maximum atomic E-state index is 14.7. The van der Waals surface area contributed by atoms with Crippen molar-refractivity contribution in [3.63, 3.8) is 0 Å². The topological polar surface area (TPSA) is 137 Å². The number of fused-ring (bicyclic) bond motifs is 7. The number of benzene rings is 5. The van der Waals surface area contributed by atoms with Gasteiger partial charge in [0.25, 0.3) is 11.8 Å². The zero-order valence-electron chi connectivity index (χ0n) is 51.9. The molecular formula is C68H71BF4N10O4S2. The molecule has 5 aromatic carbocycles. The van der Waals surface area contributed by atoms with Crippen LogP contribution in [-0.2, 0) is 22.3 Å². The van der Waals surface area contributed by atoms with Gasteiger partial charge in [0.1, 0.15) is 34.7 Å². The monoisotopic (exact) mass is 1240 g/mol. The highest BCUT2D eigenvalue weighted by Gasteiger charge is 2.52. The number of carbonyl (C=O) groups excluding carboxylic acids is 2. The molecule has 0 atom stereocenters. The van der Waals surface area contributed by atoms with Crippen LogP contribution in [0.3, 0.4) is 0 Å². The Hall–Kier alpha value is -8.63. The molecule has 14 nitrogen and oxygen atoms in total. The molecule has 4 aromatic heterocycles. The van der Waals surface area contributed by atoms with Crippen molar-refractivity contribution in [1.82, 2.24) is 39.7 Å². The van der Waals surface area contributed by atoms with Gasteiger partial charge in [-0.15, -0.1) is 6.58 Å². The lowest BCUT2D eigenvalue weighted by molar-refractivity contribution is 0.00578. The molecule has 0 aliphatic carbocycles. The summed E-state index contributed by atoms with van der Waals surface area (Å²) in [6.07, 6.45) is 5.61. The van der Waals surface area contributed by atoms with Crippen molar-refractivity contribution in [1.29, 1.82) is 0 Å². The van der Waals surface area contributed by atoms with Crippen LogP contribution >= 0.6 is 25.6 Å². The Balaban J connectivity index is 0.000000174. The highest BCUT2D eigenvalue weighted by atomic mass is 32.1. The Kier molecular flexibility index (Phi) is 18.6. The molecule has 460 valence electrons. The van der Waals surface area contributed by atoms with Gasteiger partial charge in [-0.2, -0.15) is 10.2 Å². The minimum Gasteiger partial charge on any atom is -0.399 e. The van der Waals surface area contributed by atoms with Crippen LogP contribution in [-0.4, -0.2) is 87.4 Å². The highest BCUT2D eigenvalue weighted by molar-refractivity contribution is 7.82. The lowest BCUT2D eigenvalue weighted by Gasteiger charge is -2.32. The van der Waals surface area contributed by atoms with E-state index in [1.807, 2.05) is 104 Å². The van der Waals surface area contributed by atoms with Crippen molar-refractivity contribution in [2.45, 2.75) is 79.6 Å². The van der Waals surface area contributed by atoms with Crippen LogP contribution in [0, 0.1) is 22.9 Å². The molecule has 2 aliphatic rings. The second kappa shape index (κ2) is 25.5. The summed E-state index contributed by atoms with van der Waals surface area (Å²) in [5.41, 5.74) is 11.4. The minimum absolute atomic E-state index is 0.175. The summed E-state index contributed by atoms with van der Waals surface area (Å²) in [6, 6.07) is 30.1. The van der Waals surface area contributed by atoms with E-state index in [4.69, 9.17) is 19.4 Å². The molecule has 0 radical (unpaired) electrons. The average molecular weight is 1240 g/mol. The molecule has 6 heterocycles. The zero-order valence-corrected chi connectivity index (χ0v) is 53.6. The van der Waals surface area contributed by atoms with E-state index in [1.54, 1.807) is 73.1 Å². The Morgan fingerprint density at radius 2 is 1.27 bits per heavy atom. The van der Waals surface area contributed by atoms with Crippen LogP contribution < -0.4 is 24.7 Å². The van der Waals surface area contributed by atoms with E-state index < -0.39 is 18.3 Å². The summed E-state index contributed by atoms with van der Waals surface area (Å²) < 4.78 is 76.0. The first-order chi connectivity index (χ1) is 42.0. The van der Waals surface area contributed by atoms with Gasteiger partial charge in [0.15, 0.2) is 0 Å². The number of nitrogens with one attached hydrogen (secondary N) is 2. The fraction of sp³-hybridized carbons (Fsp3) is 0.250. The summed E-state index contributed by atoms with van der Waals surface area (Å²) in [7, 11) is 6.07. The molecule has 0 spiro atoms. The summed E-state index contributed by atoms with van der Waals surface area (Å²) >= 11 is 9.10. The van der Waals surface area contributed by atoms with Crippen LogP contribution in [0.25, 0.3) is 66.7 Å². The zero-order chi connectivity index (χ0) is 64.8. The van der Waals surface area contributed by atoms with Gasteiger partial charge in [-0.1, -0.05) is 76.9 Å². The lowest BCUT2D eigenvalue weighted by atomic mass is 9.77. The van der Waals surface area contributed by atoms with Crippen LogP contribution in [0.15, 0.2) is 170 Å². The fourth-order valence-corrected chi connectivity index (χ4v) is 11.0. The Labute approximate surface area is 527 Å². The minimum atomic E-state index is -0.652. The number of amides is 2. The van der Waals surface area contributed by atoms with Gasteiger partial charge in [0.2, 0.25) is 0 Å². The van der Waals surface area contributed by atoms with Crippen molar-refractivity contribution in [3.05, 3.63) is 204 Å². The third kappa shape index (κ3) is 12.7. The van der Waals surface area contributed by atoms with Crippen LogP contribution in [0.5, 0.6) is 0 Å². The van der Waals surface area contributed by atoms with E-state index >= 15 is 0 Å². The van der Waals surface area contributed by atoms with E-state index in [0.717, 1.165) is 69.0 Å². The van der Waals surface area contributed by atoms with Gasteiger partial charge in [-0.05, 0) is 173 Å². The Bertz CT molecular complexity index is 4340. The molecule has 2 N–H and O–H groups in total. The van der Waals surface area contributed by atoms with Gasteiger partial charge in [-0.25, -0.2) is 31.9 Å². The van der Waals surface area contributed by atoms with Gasteiger partial charge in [0, 0.05) is 73.0 Å². The van der Waals surface area contributed by atoms with Crippen LogP contribution in [0.1, 0.15) is 81.9 Å². The molecule has 11 rings (SSSR count). The lowest BCUT2D eigenvalue weighted by Crippen LogP contribution is -2.41. The maximum Gasteiger partial charge on any atom is 0.497 e. The van der Waals surface area contributed by atoms with E-state index in [2.05, 4.69) is 71.7 Å². The first-order valence-electron chi connectivity index (χ1n) is 28.6. The van der Waals surface area contributed by atoms with Gasteiger partial charge in [0.05, 0.1) is 61.9 Å². The number of hydrogen-bond acceptors (Lipinski definition) is 11. The number of allylic oxidation sites excluding steroid dienone is 7. The third-order valence-corrected chi connectivity index (χ3v) is 17.0. The molecule has 0 unspecified atom stereocenters. The molecule has 1 saturated heterocycles. The highest BCUT2D eigenvalue weighted by Crippen LogP contribution is 2.42. The normalized spacial score (nSPS) is 14.4. The third-order valence-electron chi connectivity index (χ3n) is 16.6. The quantitative estimate of drug-likeness (QED) is 0.0292. The number of nitrogens with zero attached hydrogens (tertiary/aromatic N) is 8. The number of anilines is 2. The molecule has 2 amide bonds. The van der Waals surface area contributed by atoms with E-state index in [1.165, 1.54) is 45.8 Å². The molecule has 9 aromatic rings. The van der Waals surface area contributed by atoms with Gasteiger partial charge >= 0.3 is 7.12 Å². The van der Waals surface area contributed by atoms with Crippen LogP contribution in [0.2, 0.25) is 0 Å². The Morgan fingerprint density at radius 3 is 1.78 bits per heavy atom. The number of pyridine rings is 1. The first kappa shape index (κ1) is 64.8. The summed E-state index contributed by atoms with van der Waals surface area (Å²) in [4.78, 5) is 31.1. The van der Waals surface area contributed by atoms with Crippen LogP contribution in [0.4, 0.5) is 28.9 Å². The van der Waals surface area contributed by atoms with E-state index in [9.17, 15) is 27.2 Å². The predicted octanol–water partition coefficient (Wildman–Crippen LogP) is 14.4. The van der Waals surface area contributed by atoms with Crippen molar-refractivity contribution in [3.8, 4) is 34.0 Å². The molecule has 0 saturated carbocycles. The standard InChI is InChI=1S/C31H24F2N6OS.C22H26BFN4O3S.C15H21F/c1-34-31(40)30-22-14-21(27(37(2)41)16-25(22)36-39(30)19-9-7-18(32)8-10-19)24-11-6-17-12-13-38-26-5-3-4-23(33)20(26)15-28(38)29(17)35-24;1-21(2)22(3,4)31-23(30-21)16-11-15-17(12-18(16)27(6)32)26-28(19(15)20(29)25-5)14-9-7-13(24)8-10-14;1-8-14(16)12(4)10-11(3)13(5)15(6,7)9-2/h3-11,14-16,41H,12-13H2,1-2H3,(H,34,40);7-12,32H,1-6H3,(H,25,29);8-10H,1-2,5H2,3-4,6-7H3/b;;11-10+,14-12-. The molecule has 21 heteroatoms. The molecule has 0 bridgehead atoms. The largest absolute Gasteiger partial charge is 0.497 e. The summed E-state index contributed by atoms with van der Waals surface area (Å²) in [5, 5.41) is 16.5. The first-order valence-corrected chi connectivity index (χ1v) is 29.4. The van der Waals surface area contributed by atoms with Crippen molar-refractivity contribution in [2.24, 2.45) is 5.41 Å². The number of hydrogen-bond donors (Lipinski definition) is 4. The molecular weight excluding hydrogens is 1170 g/mol. The number of carbonyl (C=O) groups is 2. The fourth-order valence-electron chi connectivity index (χ4n) is 10.6. The predicted molar refractivity (Wildman–Crippen MR) is 358 cm³/mol. The number of rotatable bonds is 13. The Morgan fingerprint density at radius 1 is 0.742 bits per heavy atom. The summed E-state index contributed by atoms with van der Waals surface area (Å²) in [5.74, 6) is -1.96. The number of thiol groups is 2. The number of aryl methyl sites for hydroxylation is 2. The van der Waals surface area contributed by atoms with E-state index in [0.29, 0.717) is 61.2 Å².